The third kappa shape index (κ3) is 3.54. The van der Waals surface area contributed by atoms with Gasteiger partial charge in [0, 0.05) is 30.3 Å². The van der Waals surface area contributed by atoms with Crippen molar-refractivity contribution >= 4 is 17.5 Å². The van der Waals surface area contributed by atoms with Gasteiger partial charge in [-0.25, -0.2) is 0 Å². The monoisotopic (exact) mass is 352 g/mol. The zero-order chi connectivity index (χ0) is 18.7. The van der Waals surface area contributed by atoms with Crippen LogP contribution in [0.1, 0.15) is 28.4 Å². The van der Waals surface area contributed by atoms with Crippen LogP contribution in [0, 0.1) is 0 Å². The fraction of sp³-hybridized carbons (Fsp3) is 0.200. The first-order chi connectivity index (χ1) is 12.5. The van der Waals surface area contributed by atoms with E-state index in [0.717, 1.165) is 5.56 Å². The fourth-order valence-corrected chi connectivity index (χ4v) is 2.87. The molecule has 3 rings (SSSR count). The molecular formula is C20H20N2O4. The van der Waals surface area contributed by atoms with Crippen molar-refractivity contribution in [3.63, 3.8) is 0 Å². The topological polar surface area (TPSA) is 78.9 Å². The van der Waals surface area contributed by atoms with Crippen molar-refractivity contribution in [1.29, 1.82) is 0 Å². The maximum atomic E-state index is 12.6. The fourth-order valence-electron chi connectivity index (χ4n) is 2.87. The van der Waals surface area contributed by atoms with E-state index in [1.54, 1.807) is 49.5 Å². The van der Waals surface area contributed by atoms with Gasteiger partial charge >= 0.3 is 0 Å². The van der Waals surface area contributed by atoms with Gasteiger partial charge in [-0.2, -0.15) is 0 Å². The summed E-state index contributed by atoms with van der Waals surface area (Å²) in [5.74, 6) is 0.350. The minimum atomic E-state index is -0.233. The summed E-state index contributed by atoms with van der Waals surface area (Å²) in [4.78, 5) is 25.7. The number of phenolic OH excluding ortho intramolecular Hbond substituents is 1. The second kappa shape index (κ2) is 7.31. The molecule has 134 valence electrons. The average Bonchev–Trinajstić information content (AvgIpc) is 2.67. The number of ether oxygens (including phenoxy) is 1. The van der Waals surface area contributed by atoms with Crippen LogP contribution >= 0.6 is 0 Å². The molecule has 0 radical (unpaired) electrons. The number of nitrogens with one attached hydrogen (secondary N) is 1. The molecular weight excluding hydrogens is 332 g/mol. The largest absolute Gasteiger partial charge is 0.508 e. The summed E-state index contributed by atoms with van der Waals surface area (Å²) >= 11 is 0. The summed E-state index contributed by atoms with van der Waals surface area (Å²) in [6, 6.07) is 11.4. The molecule has 0 fully saturated rings. The smallest absolute Gasteiger partial charge is 0.251 e. The van der Waals surface area contributed by atoms with Crippen LogP contribution in [0.2, 0.25) is 0 Å². The third-order valence-corrected chi connectivity index (χ3v) is 4.36. The number of hydrogen-bond donors (Lipinski definition) is 2. The number of phenols is 1. The van der Waals surface area contributed by atoms with Gasteiger partial charge in [-0.3, -0.25) is 9.59 Å². The molecule has 1 heterocycles. The predicted molar refractivity (Wildman–Crippen MR) is 98.5 cm³/mol. The molecule has 6 nitrogen and oxygen atoms in total. The van der Waals surface area contributed by atoms with Gasteiger partial charge in [0.15, 0.2) is 0 Å². The lowest BCUT2D eigenvalue weighted by Gasteiger charge is -2.27. The van der Waals surface area contributed by atoms with Crippen molar-refractivity contribution in [1.82, 2.24) is 5.32 Å². The molecule has 0 spiro atoms. The van der Waals surface area contributed by atoms with Gasteiger partial charge in [0.1, 0.15) is 11.5 Å². The Kier molecular flexibility index (Phi) is 4.93. The van der Waals surface area contributed by atoms with E-state index < -0.39 is 0 Å². The molecule has 1 atom stereocenters. The van der Waals surface area contributed by atoms with Crippen molar-refractivity contribution in [3.8, 4) is 11.5 Å². The molecule has 0 aliphatic carbocycles. The number of hydrogen-bond acceptors (Lipinski definition) is 4. The highest BCUT2D eigenvalue weighted by Crippen LogP contribution is 2.34. The second-order valence-electron chi connectivity index (χ2n) is 6.03. The predicted octanol–water partition coefficient (Wildman–Crippen LogP) is 2.79. The molecule has 6 heteroatoms. The number of benzene rings is 2. The molecule has 0 unspecified atom stereocenters. The quantitative estimate of drug-likeness (QED) is 0.830. The number of aromatic hydroxyl groups is 1. The lowest BCUT2D eigenvalue weighted by molar-refractivity contribution is -0.113. The van der Waals surface area contributed by atoms with Crippen molar-refractivity contribution in [2.24, 2.45) is 0 Å². The minimum absolute atomic E-state index is 0.132. The summed E-state index contributed by atoms with van der Waals surface area (Å²) in [7, 11) is 1.64. The van der Waals surface area contributed by atoms with Crippen LogP contribution < -0.4 is 15.0 Å². The van der Waals surface area contributed by atoms with E-state index in [9.17, 15) is 14.7 Å². The molecule has 0 saturated carbocycles. The Hall–Kier alpha value is -3.28. The average molecular weight is 352 g/mol. The molecule has 0 bridgehead atoms. The van der Waals surface area contributed by atoms with Crippen molar-refractivity contribution in [2.45, 2.75) is 12.5 Å². The Balaban J connectivity index is 1.74. The first-order valence-corrected chi connectivity index (χ1v) is 8.26. The molecule has 1 aliphatic heterocycles. The van der Waals surface area contributed by atoms with Crippen molar-refractivity contribution in [2.75, 3.05) is 18.6 Å². The highest BCUT2D eigenvalue weighted by Gasteiger charge is 2.24. The summed E-state index contributed by atoms with van der Waals surface area (Å²) in [6.45, 7) is 3.96. The molecule has 2 aromatic carbocycles. The second-order valence-corrected chi connectivity index (χ2v) is 6.03. The molecule has 1 aliphatic rings. The maximum absolute atomic E-state index is 12.6. The number of carbonyl (C=O) groups excluding carboxylic acids is 2. The van der Waals surface area contributed by atoms with E-state index in [-0.39, 0.29) is 23.6 Å². The van der Waals surface area contributed by atoms with Gasteiger partial charge in [-0.05, 0) is 48.5 Å². The van der Waals surface area contributed by atoms with Crippen LogP contribution in [0.5, 0.6) is 11.5 Å². The van der Waals surface area contributed by atoms with Crippen LogP contribution in [0.4, 0.5) is 5.69 Å². The first kappa shape index (κ1) is 17.5. The lowest BCUT2D eigenvalue weighted by Crippen LogP contribution is -2.32. The highest BCUT2D eigenvalue weighted by atomic mass is 16.5. The molecule has 2 N–H and O–H groups in total. The van der Waals surface area contributed by atoms with Crippen LogP contribution in [-0.2, 0) is 4.79 Å². The van der Waals surface area contributed by atoms with Gasteiger partial charge in [0.25, 0.3) is 5.91 Å². The number of fused-ring (bicyclic) bond motifs is 1. The van der Waals surface area contributed by atoms with Crippen molar-refractivity contribution < 1.29 is 19.4 Å². The summed E-state index contributed by atoms with van der Waals surface area (Å²) in [5.41, 5.74) is 1.92. The Morgan fingerprint density at radius 2 is 2.00 bits per heavy atom. The number of amides is 2. The van der Waals surface area contributed by atoms with Crippen molar-refractivity contribution in [3.05, 3.63) is 66.2 Å². The number of nitrogens with zero attached hydrogens (tertiary/aromatic N) is 1. The van der Waals surface area contributed by atoms with E-state index >= 15 is 0 Å². The number of anilines is 1. The number of carbonyl (C=O) groups is 2. The van der Waals surface area contributed by atoms with E-state index in [1.807, 2.05) is 0 Å². The lowest BCUT2D eigenvalue weighted by atomic mass is 9.99. The number of likely N-dealkylation sites (N-methyl/N-ethyl adjacent to an activating group) is 1. The zero-order valence-corrected chi connectivity index (χ0v) is 14.4. The highest BCUT2D eigenvalue weighted by molar-refractivity contribution is 6.01. The van der Waals surface area contributed by atoms with E-state index in [4.69, 9.17) is 4.74 Å². The van der Waals surface area contributed by atoms with Gasteiger partial charge in [-0.15, -0.1) is 0 Å². The van der Waals surface area contributed by atoms with E-state index in [2.05, 4.69) is 11.9 Å². The summed E-state index contributed by atoms with van der Waals surface area (Å²) in [6.07, 6.45) is 1.86. The zero-order valence-electron chi connectivity index (χ0n) is 14.4. The minimum Gasteiger partial charge on any atom is -0.508 e. The molecule has 0 saturated heterocycles. The SMILES string of the molecule is C=CC(=O)N(C)c1ccc(C(=O)N[C@H]2CCOc3ccc(O)cc32)cc1. The normalized spacial score (nSPS) is 15.3. The third-order valence-electron chi connectivity index (χ3n) is 4.36. The van der Waals surface area contributed by atoms with Gasteiger partial charge in [0.2, 0.25) is 5.91 Å². The Labute approximate surface area is 151 Å². The Morgan fingerprint density at radius 1 is 1.27 bits per heavy atom. The van der Waals surface area contributed by atoms with Crippen LogP contribution in [-0.4, -0.2) is 30.6 Å². The molecule has 26 heavy (non-hydrogen) atoms. The first-order valence-electron chi connectivity index (χ1n) is 8.26. The van der Waals surface area contributed by atoms with Gasteiger partial charge in [0.05, 0.1) is 12.6 Å². The van der Waals surface area contributed by atoms with Gasteiger partial charge < -0.3 is 20.1 Å². The van der Waals surface area contributed by atoms with Crippen LogP contribution in [0.15, 0.2) is 55.1 Å². The van der Waals surface area contributed by atoms with E-state index in [1.165, 1.54) is 11.0 Å². The maximum Gasteiger partial charge on any atom is 0.251 e. The van der Waals surface area contributed by atoms with Crippen LogP contribution in [0.3, 0.4) is 0 Å². The molecule has 0 aromatic heterocycles. The Morgan fingerprint density at radius 3 is 2.69 bits per heavy atom. The molecule has 2 amide bonds. The standard InChI is InChI=1S/C20H20N2O4/c1-3-19(24)22(2)14-6-4-13(5-7-14)20(25)21-17-10-11-26-18-9-8-15(23)12-16(17)18/h3-9,12,17,23H,1,10-11H2,2H3,(H,21,25)/t17-/m0/s1. The molecule has 2 aromatic rings. The summed E-state index contributed by atoms with van der Waals surface area (Å²) < 4.78 is 5.56. The van der Waals surface area contributed by atoms with Crippen LogP contribution in [0.25, 0.3) is 0 Å². The number of rotatable bonds is 4. The van der Waals surface area contributed by atoms with E-state index in [0.29, 0.717) is 30.0 Å². The van der Waals surface area contributed by atoms with Gasteiger partial charge in [-0.1, -0.05) is 6.58 Å². The Bertz CT molecular complexity index is 845. The summed E-state index contributed by atoms with van der Waals surface area (Å²) in [5, 5.41) is 12.7.